The first-order valence-corrected chi connectivity index (χ1v) is 7.06. The van der Waals surface area contributed by atoms with Gasteiger partial charge >= 0.3 is 5.97 Å². The molecule has 0 saturated heterocycles. The molecule has 0 aliphatic carbocycles. The molecular formula is C17H17N3O2. The van der Waals surface area contributed by atoms with E-state index in [9.17, 15) is 4.79 Å². The number of hydrogen-bond acceptors (Lipinski definition) is 4. The van der Waals surface area contributed by atoms with Crippen LogP contribution in [0.4, 0.5) is 0 Å². The molecule has 2 heterocycles. The van der Waals surface area contributed by atoms with Crippen LogP contribution in [0.1, 0.15) is 31.9 Å². The molecule has 112 valence electrons. The standard InChI is InChI=1S/C17H17N3O2/c1-17(2,3)20-11-12(10-18-20)9-14-16(21)22-15(19-14)13-7-5-4-6-8-13/h4-11H,1-3H3/b14-9-. The van der Waals surface area contributed by atoms with Gasteiger partial charge < -0.3 is 4.74 Å². The molecule has 0 fully saturated rings. The van der Waals surface area contributed by atoms with E-state index in [0.29, 0.717) is 5.90 Å². The number of carbonyl (C=O) groups excluding carboxylic acids is 1. The lowest BCUT2D eigenvalue weighted by molar-refractivity contribution is -0.129. The maximum Gasteiger partial charge on any atom is 0.363 e. The maximum absolute atomic E-state index is 11.9. The lowest BCUT2D eigenvalue weighted by atomic mass is 10.1. The van der Waals surface area contributed by atoms with Crippen molar-refractivity contribution in [3.63, 3.8) is 0 Å². The van der Waals surface area contributed by atoms with Crippen LogP contribution < -0.4 is 0 Å². The molecule has 0 bridgehead atoms. The fourth-order valence-electron chi connectivity index (χ4n) is 2.05. The summed E-state index contributed by atoms with van der Waals surface area (Å²) in [6, 6.07) is 9.36. The molecule has 2 aromatic rings. The van der Waals surface area contributed by atoms with Crippen LogP contribution in [0.15, 0.2) is 53.4 Å². The molecule has 1 aromatic carbocycles. The van der Waals surface area contributed by atoms with Crippen molar-refractivity contribution in [1.29, 1.82) is 0 Å². The summed E-state index contributed by atoms with van der Waals surface area (Å²) in [5, 5.41) is 4.30. The van der Waals surface area contributed by atoms with Crippen molar-refractivity contribution in [2.24, 2.45) is 4.99 Å². The minimum atomic E-state index is -0.442. The molecule has 22 heavy (non-hydrogen) atoms. The summed E-state index contributed by atoms with van der Waals surface area (Å²) in [4.78, 5) is 16.2. The third-order valence-electron chi connectivity index (χ3n) is 3.23. The first kappa shape index (κ1) is 14.3. The Hall–Kier alpha value is -2.69. The molecule has 0 unspecified atom stereocenters. The molecule has 1 aliphatic rings. The van der Waals surface area contributed by atoms with Crippen molar-refractivity contribution in [3.8, 4) is 0 Å². The Morgan fingerprint density at radius 3 is 2.55 bits per heavy atom. The van der Waals surface area contributed by atoms with E-state index in [-0.39, 0.29) is 11.2 Å². The predicted molar refractivity (Wildman–Crippen MR) is 84.3 cm³/mol. The zero-order valence-corrected chi connectivity index (χ0v) is 12.8. The molecular weight excluding hydrogens is 278 g/mol. The van der Waals surface area contributed by atoms with Gasteiger partial charge in [0.1, 0.15) is 0 Å². The van der Waals surface area contributed by atoms with Gasteiger partial charge in [-0.1, -0.05) is 18.2 Å². The fourth-order valence-corrected chi connectivity index (χ4v) is 2.05. The van der Waals surface area contributed by atoms with Gasteiger partial charge in [-0.05, 0) is 39.0 Å². The normalized spacial score (nSPS) is 16.8. The average molecular weight is 295 g/mol. The van der Waals surface area contributed by atoms with Crippen LogP contribution in [0.5, 0.6) is 0 Å². The highest BCUT2D eigenvalue weighted by Crippen LogP contribution is 2.20. The number of cyclic esters (lactones) is 1. The van der Waals surface area contributed by atoms with Crippen molar-refractivity contribution < 1.29 is 9.53 Å². The Labute approximate surface area is 128 Å². The highest BCUT2D eigenvalue weighted by molar-refractivity contribution is 6.12. The number of esters is 1. The largest absolute Gasteiger partial charge is 0.402 e. The smallest absolute Gasteiger partial charge is 0.363 e. The van der Waals surface area contributed by atoms with E-state index in [1.165, 1.54) is 0 Å². The zero-order valence-electron chi connectivity index (χ0n) is 12.8. The van der Waals surface area contributed by atoms with Gasteiger partial charge in [-0.25, -0.2) is 9.79 Å². The maximum atomic E-state index is 11.9. The van der Waals surface area contributed by atoms with Gasteiger partial charge in [0.15, 0.2) is 5.70 Å². The van der Waals surface area contributed by atoms with Crippen molar-refractivity contribution in [1.82, 2.24) is 9.78 Å². The van der Waals surface area contributed by atoms with Crippen molar-refractivity contribution in [3.05, 3.63) is 59.5 Å². The van der Waals surface area contributed by atoms with Gasteiger partial charge in [0, 0.05) is 17.3 Å². The van der Waals surface area contributed by atoms with Crippen LogP contribution in [0.25, 0.3) is 6.08 Å². The van der Waals surface area contributed by atoms with Crippen LogP contribution in [-0.2, 0) is 15.1 Å². The van der Waals surface area contributed by atoms with Crippen LogP contribution in [-0.4, -0.2) is 21.6 Å². The van der Waals surface area contributed by atoms with Gasteiger partial charge in [-0.3, -0.25) is 4.68 Å². The molecule has 0 atom stereocenters. The third kappa shape index (κ3) is 2.83. The molecule has 1 aromatic heterocycles. The molecule has 0 amide bonds. The van der Waals surface area contributed by atoms with Gasteiger partial charge in [0.2, 0.25) is 5.90 Å². The lowest BCUT2D eigenvalue weighted by Gasteiger charge is -2.18. The summed E-state index contributed by atoms with van der Waals surface area (Å²) in [7, 11) is 0. The molecule has 0 radical (unpaired) electrons. The average Bonchev–Trinajstić information content (AvgIpc) is 3.08. The summed E-state index contributed by atoms with van der Waals surface area (Å²) in [5.74, 6) is -0.109. The van der Waals surface area contributed by atoms with Gasteiger partial charge in [-0.15, -0.1) is 0 Å². The molecule has 0 N–H and O–H groups in total. The number of rotatable bonds is 2. The van der Waals surface area contributed by atoms with E-state index in [2.05, 4.69) is 30.9 Å². The van der Waals surface area contributed by atoms with Gasteiger partial charge in [-0.2, -0.15) is 5.10 Å². The summed E-state index contributed by atoms with van der Waals surface area (Å²) in [6.07, 6.45) is 5.28. The van der Waals surface area contributed by atoms with E-state index in [0.717, 1.165) is 11.1 Å². The second kappa shape index (κ2) is 5.26. The van der Waals surface area contributed by atoms with Crippen molar-refractivity contribution in [2.75, 3.05) is 0 Å². The van der Waals surface area contributed by atoms with Crippen LogP contribution in [0.2, 0.25) is 0 Å². The van der Waals surface area contributed by atoms with Crippen molar-refractivity contribution in [2.45, 2.75) is 26.3 Å². The van der Waals surface area contributed by atoms with E-state index < -0.39 is 5.97 Å². The number of aliphatic imine (C=N–C) groups is 1. The Morgan fingerprint density at radius 1 is 1.18 bits per heavy atom. The Balaban J connectivity index is 1.90. The summed E-state index contributed by atoms with van der Waals surface area (Å²) in [5.41, 5.74) is 1.78. The van der Waals surface area contributed by atoms with E-state index in [4.69, 9.17) is 4.74 Å². The molecule has 0 saturated carbocycles. The third-order valence-corrected chi connectivity index (χ3v) is 3.23. The SMILES string of the molecule is CC(C)(C)n1cc(/C=C2\N=C(c3ccccc3)OC2=O)cn1. The number of benzene rings is 1. The molecule has 5 heteroatoms. The number of ether oxygens (including phenoxy) is 1. The minimum absolute atomic E-state index is 0.106. The van der Waals surface area contributed by atoms with Crippen LogP contribution in [0.3, 0.4) is 0 Å². The summed E-state index contributed by atoms with van der Waals surface area (Å²) in [6.45, 7) is 6.19. The minimum Gasteiger partial charge on any atom is -0.402 e. The molecule has 0 spiro atoms. The Bertz CT molecular complexity index is 765. The first-order valence-electron chi connectivity index (χ1n) is 7.06. The van der Waals surface area contributed by atoms with Crippen LogP contribution >= 0.6 is 0 Å². The predicted octanol–water partition coefficient (Wildman–Crippen LogP) is 2.98. The number of aromatic nitrogens is 2. The van der Waals surface area contributed by atoms with Crippen molar-refractivity contribution >= 4 is 17.9 Å². The topological polar surface area (TPSA) is 56.5 Å². The summed E-state index contributed by atoms with van der Waals surface area (Å²) < 4.78 is 7.07. The van der Waals surface area contributed by atoms with Crippen LogP contribution in [0, 0.1) is 0 Å². The highest BCUT2D eigenvalue weighted by atomic mass is 16.6. The molecule has 1 aliphatic heterocycles. The van der Waals surface area contributed by atoms with E-state index >= 15 is 0 Å². The number of hydrogen-bond donors (Lipinski definition) is 0. The first-order chi connectivity index (χ1) is 10.4. The second-order valence-corrected chi connectivity index (χ2v) is 6.09. The quantitative estimate of drug-likeness (QED) is 0.632. The second-order valence-electron chi connectivity index (χ2n) is 6.09. The van der Waals surface area contributed by atoms with Gasteiger partial charge in [0.25, 0.3) is 0 Å². The Morgan fingerprint density at radius 2 is 1.91 bits per heavy atom. The van der Waals surface area contributed by atoms with E-state index in [1.54, 1.807) is 12.3 Å². The molecule has 5 nitrogen and oxygen atoms in total. The lowest BCUT2D eigenvalue weighted by Crippen LogP contribution is -2.21. The monoisotopic (exact) mass is 295 g/mol. The summed E-state index contributed by atoms with van der Waals surface area (Å²) >= 11 is 0. The Kier molecular flexibility index (Phi) is 3.41. The van der Waals surface area contributed by atoms with Gasteiger partial charge in [0.05, 0.1) is 11.7 Å². The number of nitrogens with zero attached hydrogens (tertiary/aromatic N) is 3. The van der Waals surface area contributed by atoms with E-state index in [1.807, 2.05) is 41.2 Å². The highest BCUT2D eigenvalue weighted by Gasteiger charge is 2.24. The zero-order chi connectivity index (χ0) is 15.7. The molecule has 3 rings (SSSR count). The number of carbonyl (C=O) groups is 1. The fraction of sp³-hybridized carbons (Fsp3) is 0.235.